The van der Waals surface area contributed by atoms with Gasteiger partial charge in [0.15, 0.2) is 0 Å². The maximum Gasteiger partial charge on any atom is 0.223 e. The highest BCUT2D eigenvalue weighted by molar-refractivity contribution is 5.84. The number of rotatable bonds is 5. The van der Waals surface area contributed by atoms with Crippen LogP contribution in [0, 0.1) is 0 Å². The highest BCUT2D eigenvalue weighted by Gasteiger charge is 2.57. The van der Waals surface area contributed by atoms with E-state index in [4.69, 9.17) is 4.74 Å². The van der Waals surface area contributed by atoms with Crippen molar-refractivity contribution >= 4 is 17.7 Å². The Morgan fingerprint density at radius 3 is 2.82 bits per heavy atom. The molecule has 0 bridgehead atoms. The van der Waals surface area contributed by atoms with E-state index < -0.39 is 5.66 Å². The van der Waals surface area contributed by atoms with E-state index in [2.05, 4.69) is 73.5 Å². The summed E-state index contributed by atoms with van der Waals surface area (Å²) in [6.07, 6.45) is 5.75. The quantitative estimate of drug-likeness (QED) is 0.835. The lowest BCUT2D eigenvalue weighted by Gasteiger charge is -2.49. The van der Waals surface area contributed by atoms with Gasteiger partial charge in [-0.3, -0.25) is 4.79 Å². The number of carbonyl (C=O) groups is 1. The van der Waals surface area contributed by atoms with Gasteiger partial charge in [-0.05, 0) is 41.8 Å². The molecule has 2 aliphatic heterocycles. The average Bonchev–Trinajstić information content (AvgIpc) is 2.89. The van der Waals surface area contributed by atoms with Gasteiger partial charge in [-0.1, -0.05) is 57.2 Å². The third kappa shape index (κ3) is 2.88. The van der Waals surface area contributed by atoms with Crippen molar-refractivity contribution in [2.75, 3.05) is 18.1 Å². The summed E-state index contributed by atoms with van der Waals surface area (Å²) in [6, 6.07) is 16.6. The van der Waals surface area contributed by atoms with E-state index in [0.29, 0.717) is 13.0 Å². The van der Waals surface area contributed by atoms with Crippen molar-refractivity contribution in [2.24, 2.45) is 0 Å². The Morgan fingerprint density at radius 2 is 2.00 bits per heavy atom. The number of anilines is 1. The van der Waals surface area contributed by atoms with Crippen LogP contribution in [0.3, 0.4) is 0 Å². The van der Waals surface area contributed by atoms with Gasteiger partial charge in [-0.15, -0.1) is 0 Å². The zero-order valence-electron chi connectivity index (χ0n) is 16.9. The number of ether oxygens (including phenoxy) is 1. The molecule has 2 aliphatic rings. The van der Waals surface area contributed by atoms with Crippen LogP contribution in [0.1, 0.15) is 44.7 Å². The molecule has 28 heavy (non-hydrogen) atoms. The molecule has 0 unspecified atom stereocenters. The number of nitrogens with one attached hydrogen (secondary N) is 1. The van der Waals surface area contributed by atoms with E-state index in [1.54, 1.807) is 0 Å². The fourth-order valence-electron chi connectivity index (χ4n) is 4.46. The minimum Gasteiger partial charge on any atom is -0.494 e. The maximum absolute atomic E-state index is 12.4. The molecule has 1 saturated heterocycles. The molecule has 1 fully saturated rings. The van der Waals surface area contributed by atoms with E-state index in [9.17, 15) is 4.79 Å². The van der Waals surface area contributed by atoms with Crippen molar-refractivity contribution in [1.29, 1.82) is 0 Å². The highest BCUT2D eigenvalue weighted by Crippen LogP contribution is 2.52. The third-order valence-corrected chi connectivity index (χ3v) is 5.99. The summed E-state index contributed by atoms with van der Waals surface area (Å²) in [5, 5.41) is 3.32. The minimum absolute atomic E-state index is 0.0989. The smallest absolute Gasteiger partial charge is 0.223 e. The molecular formula is C24H28N2O2. The van der Waals surface area contributed by atoms with Crippen LogP contribution in [0.4, 0.5) is 5.69 Å². The zero-order valence-corrected chi connectivity index (χ0v) is 16.9. The molecule has 2 aromatic carbocycles. The van der Waals surface area contributed by atoms with E-state index in [1.165, 1.54) is 11.3 Å². The molecular weight excluding hydrogens is 348 g/mol. The topological polar surface area (TPSA) is 41.6 Å². The molecule has 1 N–H and O–H groups in total. The lowest BCUT2D eigenvalue weighted by molar-refractivity contribution is -0.124. The summed E-state index contributed by atoms with van der Waals surface area (Å²) < 4.78 is 5.77. The van der Waals surface area contributed by atoms with Crippen molar-refractivity contribution in [3.05, 3.63) is 65.7 Å². The molecule has 0 saturated carbocycles. The van der Waals surface area contributed by atoms with Crippen LogP contribution in [-0.2, 0) is 10.2 Å². The summed E-state index contributed by atoms with van der Waals surface area (Å²) in [4.78, 5) is 14.8. The number of fused-ring (bicyclic) bond motifs is 3. The summed E-state index contributed by atoms with van der Waals surface area (Å²) in [5.41, 5.74) is 2.70. The first-order chi connectivity index (χ1) is 13.5. The summed E-state index contributed by atoms with van der Waals surface area (Å²) in [7, 11) is 0. The lowest BCUT2D eigenvalue weighted by Crippen LogP contribution is -2.68. The van der Waals surface area contributed by atoms with E-state index >= 15 is 0 Å². The zero-order chi connectivity index (χ0) is 19.8. The number of benzene rings is 2. The van der Waals surface area contributed by atoms with Gasteiger partial charge >= 0.3 is 0 Å². The molecule has 4 heteroatoms. The Balaban J connectivity index is 1.74. The first-order valence-electron chi connectivity index (χ1n) is 10.1. The minimum atomic E-state index is -0.577. The van der Waals surface area contributed by atoms with Crippen molar-refractivity contribution in [2.45, 2.75) is 44.7 Å². The molecule has 2 aromatic rings. The predicted molar refractivity (Wildman–Crippen MR) is 114 cm³/mol. The fourth-order valence-corrected chi connectivity index (χ4v) is 4.46. The summed E-state index contributed by atoms with van der Waals surface area (Å²) in [6.45, 7) is 7.95. The van der Waals surface area contributed by atoms with Gasteiger partial charge in [0.25, 0.3) is 0 Å². The normalized spacial score (nSPS) is 22.7. The van der Waals surface area contributed by atoms with E-state index in [0.717, 1.165) is 24.3 Å². The number of para-hydroxylation sites is 1. The van der Waals surface area contributed by atoms with Gasteiger partial charge in [0, 0.05) is 24.1 Å². The van der Waals surface area contributed by atoms with Gasteiger partial charge in [-0.25, -0.2) is 0 Å². The van der Waals surface area contributed by atoms with Gasteiger partial charge in [0.05, 0.1) is 6.61 Å². The van der Waals surface area contributed by atoms with Crippen LogP contribution < -0.4 is 15.0 Å². The third-order valence-electron chi connectivity index (χ3n) is 5.99. The largest absolute Gasteiger partial charge is 0.494 e. The van der Waals surface area contributed by atoms with Gasteiger partial charge in [0.2, 0.25) is 5.91 Å². The standard InChI is InChI=1S/C24H28N2O2/c1-4-16-28-19-9-7-8-18(17-19)12-14-24-23(2,3)20-10-5-6-11-21(20)26(24)15-13-22(27)25-24/h5-12,14,17H,4,13,15-16H2,1-3H3,(H,25,27)/b14-12+/t24-/m0/s1. The number of hydrogen-bond acceptors (Lipinski definition) is 3. The number of amides is 1. The molecule has 0 aliphatic carbocycles. The van der Waals surface area contributed by atoms with Crippen molar-refractivity contribution in [3.63, 3.8) is 0 Å². The second-order valence-electron chi connectivity index (χ2n) is 8.11. The summed E-state index contributed by atoms with van der Waals surface area (Å²) in [5.74, 6) is 0.974. The van der Waals surface area contributed by atoms with Gasteiger partial charge < -0.3 is 15.0 Å². The molecule has 146 valence electrons. The SMILES string of the molecule is CCCOc1cccc(/C=C/[C@]23NC(=O)CCN2c2ccccc2C3(C)C)c1. The number of hydrogen-bond donors (Lipinski definition) is 1. The van der Waals surface area contributed by atoms with Crippen LogP contribution in [0.5, 0.6) is 5.75 Å². The number of nitrogens with zero attached hydrogens (tertiary/aromatic N) is 1. The lowest BCUT2D eigenvalue weighted by atomic mass is 9.74. The van der Waals surface area contributed by atoms with Gasteiger partial charge in [-0.2, -0.15) is 0 Å². The van der Waals surface area contributed by atoms with Gasteiger partial charge in [0.1, 0.15) is 11.4 Å². The van der Waals surface area contributed by atoms with Crippen molar-refractivity contribution in [1.82, 2.24) is 5.32 Å². The van der Waals surface area contributed by atoms with Crippen LogP contribution in [0.15, 0.2) is 54.6 Å². The Hall–Kier alpha value is -2.75. The molecule has 4 rings (SSSR count). The molecule has 4 nitrogen and oxygen atoms in total. The Kier molecular flexibility index (Phi) is 4.66. The fraction of sp³-hybridized carbons (Fsp3) is 0.375. The predicted octanol–water partition coefficient (Wildman–Crippen LogP) is 4.50. The molecule has 0 aromatic heterocycles. The molecule has 1 amide bonds. The Bertz CT molecular complexity index is 918. The molecule has 1 atom stereocenters. The van der Waals surface area contributed by atoms with E-state index in [-0.39, 0.29) is 11.3 Å². The molecule has 0 spiro atoms. The Labute approximate surface area is 167 Å². The van der Waals surface area contributed by atoms with Crippen molar-refractivity contribution < 1.29 is 9.53 Å². The summed E-state index contributed by atoms with van der Waals surface area (Å²) >= 11 is 0. The first kappa shape index (κ1) is 18.6. The maximum atomic E-state index is 12.4. The van der Waals surface area contributed by atoms with E-state index in [1.807, 2.05) is 18.2 Å². The number of carbonyl (C=O) groups excluding carboxylic acids is 1. The highest BCUT2D eigenvalue weighted by atomic mass is 16.5. The monoisotopic (exact) mass is 376 g/mol. The van der Waals surface area contributed by atoms with Crippen LogP contribution in [-0.4, -0.2) is 24.7 Å². The average molecular weight is 377 g/mol. The van der Waals surface area contributed by atoms with Crippen molar-refractivity contribution in [3.8, 4) is 5.75 Å². The van der Waals surface area contributed by atoms with Crippen LogP contribution in [0.2, 0.25) is 0 Å². The van der Waals surface area contributed by atoms with Crippen LogP contribution >= 0.6 is 0 Å². The second-order valence-corrected chi connectivity index (χ2v) is 8.11. The first-order valence-corrected chi connectivity index (χ1v) is 10.1. The Morgan fingerprint density at radius 1 is 1.18 bits per heavy atom. The van der Waals surface area contributed by atoms with Crippen LogP contribution in [0.25, 0.3) is 6.08 Å². The molecule has 2 heterocycles. The second kappa shape index (κ2) is 7.01. The molecule has 0 radical (unpaired) electrons.